The number of methoxy groups -OCH3 is 1. The van der Waals surface area contributed by atoms with Crippen LogP contribution in [0, 0.1) is 23.5 Å². The van der Waals surface area contributed by atoms with Gasteiger partial charge < -0.3 is 45.7 Å². The molecule has 4 fully saturated rings. The number of nitrogens with zero attached hydrogens (tertiary/aromatic N) is 5. The van der Waals surface area contributed by atoms with Gasteiger partial charge in [0, 0.05) is 97.5 Å². The Balaban J connectivity index is 0.772. The molecule has 3 saturated heterocycles. The monoisotopic (exact) mass is 1070 g/mol. The summed E-state index contributed by atoms with van der Waals surface area (Å²) in [7, 11) is -1.24. The largest absolute Gasteiger partial charge is 0.494 e. The van der Waals surface area contributed by atoms with Gasteiger partial charge in [-0.05, 0) is 122 Å². The molecule has 17 nitrogen and oxygen atoms in total. The van der Waals surface area contributed by atoms with E-state index in [0.29, 0.717) is 93.7 Å². The van der Waals surface area contributed by atoms with Crippen LogP contribution in [0.25, 0.3) is 10.9 Å². The number of pyridine rings is 1. The molecule has 0 spiro atoms. The van der Waals surface area contributed by atoms with Crippen molar-refractivity contribution in [1.82, 2.24) is 30.9 Å². The molecule has 1 aliphatic carbocycles. The highest BCUT2D eigenvalue weighted by molar-refractivity contribution is 9.10. The fraction of sp³-hybridized carbons (Fsp3) is 0.431. The first-order valence-corrected chi connectivity index (χ1v) is 27.9. The third kappa shape index (κ3) is 11.3. The van der Waals surface area contributed by atoms with Crippen molar-refractivity contribution in [1.29, 1.82) is 0 Å². The fourth-order valence-electron chi connectivity index (χ4n) is 9.93. The van der Waals surface area contributed by atoms with Crippen molar-refractivity contribution >= 4 is 103 Å². The number of hydrogen-bond acceptors (Lipinski definition) is 14. The minimum Gasteiger partial charge on any atom is -0.494 e. The number of hydrogen-bond donors (Lipinski definition) is 6. The number of ether oxygens (including phenoxy) is 1. The molecule has 1 saturated carbocycles. The van der Waals surface area contributed by atoms with Gasteiger partial charge in [0.25, 0.3) is 0 Å². The van der Waals surface area contributed by atoms with Crippen LogP contribution in [0.3, 0.4) is 0 Å². The number of rotatable bonds is 17. The van der Waals surface area contributed by atoms with E-state index in [1.54, 1.807) is 37.6 Å². The van der Waals surface area contributed by atoms with Gasteiger partial charge in [-0.3, -0.25) is 24.5 Å². The zero-order valence-corrected chi connectivity index (χ0v) is 43.2. The number of benzene rings is 3. The molecule has 3 aromatic carbocycles. The van der Waals surface area contributed by atoms with E-state index in [4.69, 9.17) is 9.72 Å². The second-order valence-electron chi connectivity index (χ2n) is 19.3. The second kappa shape index (κ2) is 21.5. The lowest BCUT2D eigenvalue weighted by Crippen LogP contribution is -2.45. The number of aryl methyl sites for hydroxylation is 1. The first-order valence-electron chi connectivity index (χ1n) is 24.5. The topological polar surface area (TPSA) is 212 Å². The molecule has 4 amide bonds. The van der Waals surface area contributed by atoms with E-state index >= 15 is 8.78 Å². The number of imide groups is 1. The molecule has 2 atom stereocenters. The van der Waals surface area contributed by atoms with Gasteiger partial charge in [-0.2, -0.15) is 4.98 Å². The summed E-state index contributed by atoms with van der Waals surface area (Å²) in [5.41, 5.74) is 4.12. The van der Waals surface area contributed by atoms with Crippen LogP contribution in [-0.4, -0.2) is 104 Å². The summed E-state index contributed by atoms with van der Waals surface area (Å²) >= 11 is 3.59. The summed E-state index contributed by atoms with van der Waals surface area (Å²) < 4.78 is 50.8. The fourth-order valence-corrected chi connectivity index (χ4v) is 11.7. The van der Waals surface area contributed by atoms with E-state index in [2.05, 4.69) is 75.7 Å². The molecule has 0 radical (unpaired) electrons. The molecule has 0 unspecified atom stereocenters. The van der Waals surface area contributed by atoms with E-state index in [0.717, 1.165) is 56.4 Å². The Kier molecular flexibility index (Phi) is 15.1. The number of anilines is 7. The van der Waals surface area contributed by atoms with E-state index < -0.39 is 36.5 Å². The quantitative estimate of drug-likeness (QED) is 0.0304. The smallest absolute Gasteiger partial charge is 0.234 e. The molecule has 2 aromatic heterocycles. The van der Waals surface area contributed by atoms with Gasteiger partial charge in [0.1, 0.15) is 36.2 Å². The third-order valence-electron chi connectivity index (χ3n) is 13.9. The van der Waals surface area contributed by atoms with Crippen molar-refractivity contribution in [3.05, 3.63) is 82.0 Å². The van der Waals surface area contributed by atoms with Crippen molar-refractivity contribution in [2.45, 2.75) is 70.3 Å². The van der Waals surface area contributed by atoms with Crippen molar-refractivity contribution < 1.29 is 37.3 Å². The molecule has 21 heteroatoms. The first kappa shape index (κ1) is 50.7. The Morgan fingerprint density at radius 3 is 2.32 bits per heavy atom. The third-order valence-corrected chi connectivity index (χ3v) is 16.0. The van der Waals surface area contributed by atoms with Crippen LogP contribution >= 0.6 is 23.1 Å². The van der Waals surface area contributed by atoms with Crippen LogP contribution in [-0.2, 0) is 30.2 Å². The molecule has 3 aliphatic heterocycles. The molecule has 380 valence electrons. The van der Waals surface area contributed by atoms with E-state index in [1.807, 2.05) is 24.3 Å². The maximum absolute atomic E-state index is 15.2. The van der Waals surface area contributed by atoms with Gasteiger partial charge in [0.2, 0.25) is 29.6 Å². The van der Waals surface area contributed by atoms with Crippen LogP contribution in [0.5, 0.6) is 5.75 Å². The zero-order valence-electron chi connectivity index (χ0n) is 40.7. The number of nitrogens with one attached hydrogen (secondary N) is 6. The summed E-state index contributed by atoms with van der Waals surface area (Å²) in [5, 5.41) is 19.8. The Hall–Kier alpha value is -6.24. The second-order valence-corrected chi connectivity index (χ2v) is 23.3. The van der Waals surface area contributed by atoms with E-state index in [-0.39, 0.29) is 48.1 Å². The van der Waals surface area contributed by atoms with Crippen molar-refractivity contribution in [2.75, 3.05) is 85.5 Å². The first-order chi connectivity index (χ1) is 34.6. The molecule has 0 bridgehead atoms. The summed E-state index contributed by atoms with van der Waals surface area (Å²) in [6.45, 7) is 8.99. The van der Waals surface area contributed by atoms with Gasteiger partial charge >= 0.3 is 0 Å². The number of carbonyl (C=O) groups is 4. The number of piperidine rings is 2. The number of amides is 4. The van der Waals surface area contributed by atoms with Crippen molar-refractivity contribution in [3.63, 3.8) is 0 Å². The molecule has 5 aromatic rings. The van der Waals surface area contributed by atoms with Crippen molar-refractivity contribution in [3.8, 4) is 5.75 Å². The van der Waals surface area contributed by atoms with E-state index in [1.165, 1.54) is 12.1 Å². The maximum Gasteiger partial charge on any atom is 0.234 e. The zero-order chi connectivity index (χ0) is 50.8. The Bertz CT molecular complexity index is 2960. The van der Waals surface area contributed by atoms with Crippen LogP contribution < -0.4 is 51.7 Å². The molecule has 4 aliphatic rings. The maximum atomic E-state index is 15.2. The van der Waals surface area contributed by atoms with Crippen LogP contribution in [0.1, 0.15) is 68.9 Å². The molecule has 5 heterocycles. The highest BCUT2D eigenvalue weighted by Gasteiger charge is 2.35. The average Bonchev–Trinajstić information content (AvgIpc) is 4.09. The molecule has 72 heavy (non-hydrogen) atoms. The Morgan fingerprint density at radius 1 is 0.875 bits per heavy atom. The molecule has 6 N–H and O–H groups in total. The number of fused-ring (bicyclic) bond motifs is 1. The minimum atomic E-state index is -2.87. The highest BCUT2D eigenvalue weighted by Crippen LogP contribution is 2.43. The predicted molar refractivity (Wildman–Crippen MR) is 279 cm³/mol. The number of carbonyl (C=O) groups excluding carboxylic acids is 4. The molecule has 9 rings (SSSR count). The van der Waals surface area contributed by atoms with Crippen LogP contribution in [0.15, 0.2) is 59.2 Å². The number of aromatic nitrogens is 3. The SMILES string of the molecule is CCc1cc(Nc2ncc(Br)c(Nc3ccc4nc(NC(=O)C5CC5)ccc4c3P(C)(C)=O)n2)c(OC)cc1N1CCC(NCCNC(=O)[C@@H]2CCN(c3cc(F)c([C@H]4CCC(=O)NC4=O)c(F)c3)C2)CC1. The Morgan fingerprint density at radius 2 is 1.62 bits per heavy atom. The van der Waals surface area contributed by atoms with Gasteiger partial charge in [-0.1, -0.05) is 6.92 Å². The summed E-state index contributed by atoms with van der Waals surface area (Å²) in [5.74, 6) is -2.48. The normalized spacial score (nSPS) is 18.5. The molecular weight excluding hydrogens is 1010 g/mol. The predicted octanol–water partition coefficient (Wildman–Crippen LogP) is 7.44. The lowest BCUT2D eigenvalue weighted by Gasteiger charge is -2.35. The van der Waals surface area contributed by atoms with Gasteiger partial charge in [-0.25, -0.2) is 18.7 Å². The standard InChI is InChI=1S/C51H59BrF2N11O6P/c1-5-28-22-40(60-51-57-26-35(52)47(63-51)59-39-11-10-38-33(46(39)72(3,4)70)8-12-43(58-38)61-49(68)29-6-7-29)42(71-2)25-41(28)64-20-15-31(16-21-64)55-17-18-56-48(67)30-14-19-65(27-30)32-23-36(53)45(37(54)24-32)34-9-13-44(66)62-50(34)69/h8,10-12,22-26,29-31,34,55H,5-7,9,13-21,27H2,1-4H3,(H,56,67)(H,58,61,68)(H,62,66,69)(H2,57,59,60,63)/t30-,34-/m1/s1. The van der Waals surface area contributed by atoms with Gasteiger partial charge in [0.15, 0.2) is 0 Å². The lowest BCUT2D eigenvalue weighted by atomic mass is 9.89. The van der Waals surface area contributed by atoms with Crippen LogP contribution in [0.2, 0.25) is 0 Å². The summed E-state index contributed by atoms with van der Waals surface area (Å²) in [4.78, 5) is 67.6. The summed E-state index contributed by atoms with van der Waals surface area (Å²) in [6, 6.07) is 14.0. The Labute approximate surface area is 424 Å². The lowest BCUT2D eigenvalue weighted by molar-refractivity contribution is -0.134. The van der Waals surface area contributed by atoms with E-state index in [9.17, 15) is 23.7 Å². The highest BCUT2D eigenvalue weighted by atomic mass is 79.9. The van der Waals surface area contributed by atoms with Gasteiger partial charge in [-0.15, -0.1) is 0 Å². The van der Waals surface area contributed by atoms with Crippen LogP contribution in [0.4, 0.5) is 49.1 Å². The summed E-state index contributed by atoms with van der Waals surface area (Å²) in [6.07, 6.45) is 6.59. The molecular formula is C51H59BrF2N11O6P. The average molecular weight is 1070 g/mol. The number of halogens is 3. The van der Waals surface area contributed by atoms with Gasteiger partial charge in [0.05, 0.1) is 40.3 Å². The minimum absolute atomic E-state index is 0.0161. The van der Waals surface area contributed by atoms with Crippen molar-refractivity contribution in [2.24, 2.45) is 11.8 Å².